The molecule has 2 aromatic carbocycles. The molecule has 2 aromatic rings. The van der Waals surface area contributed by atoms with Crippen molar-refractivity contribution in [1.29, 1.82) is 0 Å². The summed E-state index contributed by atoms with van der Waals surface area (Å²) in [6, 6.07) is 8.12. The Bertz CT molecular complexity index is 872. The number of nitro benzene ring substituents is 1. The van der Waals surface area contributed by atoms with E-state index in [1.807, 2.05) is 17.0 Å². The maximum absolute atomic E-state index is 12.2. The largest absolute Gasteiger partial charge is 0.366 e. The molecular formula is C17H15BrClN3O3. The molecule has 6 nitrogen and oxygen atoms in total. The van der Waals surface area contributed by atoms with E-state index in [0.717, 1.165) is 22.0 Å². The number of fused-ring (bicyclic) bond motifs is 1. The minimum Gasteiger partial charge on any atom is -0.366 e. The first-order valence-electron chi connectivity index (χ1n) is 7.63. The number of carbonyl (C=O) groups excluding carboxylic acids is 1. The van der Waals surface area contributed by atoms with E-state index in [1.165, 1.54) is 19.2 Å². The molecule has 130 valence electrons. The zero-order valence-electron chi connectivity index (χ0n) is 13.4. The van der Waals surface area contributed by atoms with E-state index in [4.69, 9.17) is 11.6 Å². The van der Waals surface area contributed by atoms with Gasteiger partial charge < -0.3 is 10.2 Å². The minimum absolute atomic E-state index is 0.111. The molecule has 0 radical (unpaired) electrons. The maximum Gasteiger partial charge on any atom is 0.270 e. The van der Waals surface area contributed by atoms with E-state index in [1.54, 1.807) is 6.07 Å². The highest BCUT2D eigenvalue weighted by atomic mass is 79.9. The van der Waals surface area contributed by atoms with Crippen LogP contribution >= 0.6 is 27.5 Å². The van der Waals surface area contributed by atoms with Gasteiger partial charge in [-0.1, -0.05) is 27.5 Å². The van der Waals surface area contributed by atoms with Gasteiger partial charge in [0.1, 0.15) is 0 Å². The van der Waals surface area contributed by atoms with Crippen molar-refractivity contribution >= 4 is 44.8 Å². The minimum atomic E-state index is -0.504. The lowest BCUT2D eigenvalue weighted by Crippen LogP contribution is -2.33. The maximum atomic E-state index is 12.2. The second-order valence-corrected chi connectivity index (χ2v) is 6.96. The normalized spacial score (nSPS) is 13.3. The third kappa shape index (κ3) is 3.34. The number of nitrogens with one attached hydrogen (secondary N) is 1. The first-order valence-corrected chi connectivity index (χ1v) is 8.80. The Hall–Kier alpha value is -2.12. The lowest BCUT2D eigenvalue weighted by molar-refractivity contribution is -0.384. The Labute approximate surface area is 158 Å². The molecule has 25 heavy (non-hydrogen) atoms. The number of hydrogen-bond donors (Lipinski definition) is 1. The number of nitrogens with zero attached hydrogens (tertiary/aromatic N) is 2. The van der Waals surface area contributed by atoms with Crippen LogP contribution in [0.3, 0.4) is 0 Å². The van der Waals surface area contributed by atoms with Crippen molar-refractivity contribution in [3.8, 4) is 0 Å². The predicted molar refractivity (Wildman–Crippen MR) is 100 cm³/mol. The standard InChI is InChI=1S/C17H15BrClN3O3/c1-20-17(23)12-8-10(22(24)25)2-5-16(12)21-7-6-11-13(9-21)15(19)4-3-14(11)18/h2-5,8H,6-7,9H2,1H3,(H,20,23). The third-order valence-electron chi connectivity index (χ3n) is 4.30. The molecule has 1 amide bonds. The highest BCUT2D eigenvalue weighted by Crippen LogP contribution is 2.35. The van der Waals surface area contributed by atoms with Gasteiger partial charge in [-0.2, -0.15) is 0 Å². The fourth-order valence-electron chi connectivity index (χ4n) is 3.03. The molecule has 0 atom stereocenters. The Morgan fingerprint density at radius 3 is 2.76 bits per heavy atom. The second kappa shape index (κ2) is 7.01. The summed E-state index contributed by atoms with van der Waals surface area (Å²) < 4.78 is 1.02. The molecule has 0 saturated heterocycles. The number of carbonyl (C=O) groups is 1. The highest BCUT2D eigenvalue weighted by molar-refractivity contribution is 9.10. The Kier molecular flexibility index (Phi) is 4.96. The number of amides is 1. The molecule has 0 fully saturated rings. The lowest BCUT2D eigenvalue weighted by atomic mass is 9.98. The lowest BCUT2D eigenvalue weighted by Gasteiger charge is -2.33. The number of nitro groups is 1. The average Bonchev–Trinajstić information content (AvgIpc) is 2.63. The topological polar surface area (TPSA) is 75.5 Å². The van der Waals surface area contributed by atoms with Gasteiger partial charge in [-0.05, 0) is 35.7 Å². The van der Waals surface area contributed by atoms with Crippen LogP contribution in [0.25, 0.3) is 0 Å². The molecule has 8 heteroatoms. The van der Waals surface area contributed by atoms with E-state index >= 15 is 0 Å². The molecule has 0 aliphatic carbocycles. The number of non-ortho nitro benzene ring substituents is 1. The highest BCUT2D eigenvalue weighted by Gasteiger charge is 2.25. The van der Waals surface area contributed by atoms with Crippen LogP contribution in [-0.4, -0.2) is 24.4 Å². The van der Waals surface area contributed by atoms with Gasteiger partial charge >= 0.3 is 0 Å². The number of rotatable bonds is 3. The Morgan fingerprint density at radius 2 is 2.08 bits per heavy atom. The van der Waals surface area contributed by atoms with Gasteiger partial charge in [-0.3, -0.25) is 14.9 Å². The van der Waals surface area contributed by atoms with E-state index in [-0.39, 0.29) is 17.2 Å². The fourth-order valence-corrected chi connectivity index (χ4v) is 3.84. The average molecular weight is 425 g/mol. The van der Waals surface area contributed by atoms with Crippen molar-refractivity contribution in [3.05, 3.63) is 66.6 Å². The van der Waals surface area contributed by atoms with Gasteiger partial charge in [-0.15, -0.1) is 0 Å². The molecule has 0 unspecified atom stereocenters. The zero-order valence-corrected chi connectivity index (χ0v) is 15.7. The molecule has 1 heterocycles. The van der Waals surface area contributed by atoms with Gasteiger partial charge in [0.15, 0.2) is 0 Å². The number of benzene rings is 2. The van der Waals surface area contributed by atoms with E-state index in [9.17, 15) is 14.9 Å². The van der Waals surface area contributed by atoms with E-state index in [2.05, 4.69) is 21.2 Å². The third-order valence-corrected chi connectivity index (χ3v) is 5.40. The first-order chi connectivity index (χ1) is 11.9. The predicted octanol–water partition coefficient (Wildman–Crippen LogP) is 3.93. The molecular weight excluding hydrogens is 410 g/mol. The first kappa shape index (κ1) is 17.7. The molecule has 1 aliphatic heterocycles. The van der Waals surface area contributed by atoms with Crippen LogP contribution in [0.15, 0.2) is 34.8 Å². The van der Waals surface area contributed by atoms with Gasteiger partial charge in [0.05, 0.1) is 16.2 Å². The van der Waals surface area contributed by atoms with Gasteiger partial charge in [-0.25, -0.2) is 0 Å². The van der Waals surface area contributed by atoms with Gasteiger partial charge in [0, 0.05) is 41.8 Å². The molecule has 0 bridgehead atoms. The molecule has 1 aliphatic rings. The molecule has 0 saturated carbocycles. The van der Waals surface area contributed by atoms with Crippen molar-refractivity contribution in [2.75, 3.05) is 18.5 Å². The van der Waals surface area contributed by atoms with Crippen LogP contribution < -0.4 is 10.2 Å². The van der Waals surface area contributed by atoms with Crippen LogP contribution in [-0.2, 0) is 13.0 Å². The van der Waals surface area contributed by atoms with E-state index < -0.39 is 4.92 Å². The number of hydrogen-bond acceptors (Lipinski definition) is 4. The van der Waals surface area contributed by atoms with Crippen LogP contribution in [0.2, 0.25) is 5.02 Å². The number of anilines is 1. The fraction of sp³-hybridized carbons (Fsp3) is 0.235. The summed E-state index contributed by atoms with van der Waals surface area (Å²) in [7, 11) is 1.50. The van der Waals surface area contributed by atoms with Crippen molar-refractivity contribution in [2.24, 2.45) is 0 Å². The SMILES string of the molecule is CNC(=O)c1cc([N+](=O)[O-])ccc1N1CCc2c(Br)ccc(Cl)c2C1. The summed E-state index contributed by atoms with van der Waals surface area (Å²) in [4.78, 5) is 24.8. The Balaban J connectivity index is 2.04. The summed E-state index contributed by atoms with van der Waals surface area (Å²) >= 11 is 9.90. The molecule has 0 aromatic heterocycles. The van der Waals surface area contributed by atoms with Crippen LogP contribution in [0.1, 0.15) is 21.5 Å². The number of halogens is 2. The van der Waals surface area contributed by atoms with Crippen molar-refractivity contribution in [3.63, 3.8) is 0 Å². The quantitative estimate of drug-likeness (QED) is 0.598. The van der Waals surface area contributed by atoms with Crippen LogP contribution in [0.5, 0.6) is 0 Å². The summed E-state index contributed by atoms with van der Waals surface area (Å²) in [5.74, 6) is -0.357. The summed E-state index contributed by atoms with van der Waals surface area (Å²) in [6.45, 7) is 1.23. The second-order valence-electron chi connectivity index (χ2n) is 5.70. The van der Waals surface area contributed by atoms with Crippen molar-refractivity contribution in [1.82, 2.24) is 5.32 Å². The van der Waals surface area contributed by atoms with Gasteiger partial charge in [0.25, 0.3) is 11.6 Å². The van der Waals surface area contributed by atoms with Crippen LogP contribution in [0, 0.1) is 10.1 Å². The smallest absolute Gasteiger partial charge is 0.270 e. The summed E-state index contributed by atoms with van der Waals surface area (Å²) in [5, 5.41) is 14.3. The van der Waals surface area contributed by atoms with Gasteiger partial charge in [0.2, 0.25) is 0 Å². The zero-order chi connectivity index (χ0) is 18.1. The van der Waals surface area contributed by atoms with Crippen molar-refractivity contribution in [2.45, 2.75) is 13.0 Å². The monoisotopic (exact) mass is 423 g/mol. The molecule has 3 rings (SSSR count). The Morgan fingerprint density at radius 1 is 1.32 bits per heavy atom. The van der Waals surface area contributed by atoms with E-state index in [0.29, 0.717) is 23.8 Å². The molecule has 0 spiro atoms. The van der Waals surface area contributed by atoms with Crippen LogP contribution in [0.4, 0.5) is 11.4 Å². The molecule has 1 N–H and O–H groups in total. The summed E-state index contributed by atoms with van der Waals surface area (Å²) in [5.41, 5.74) is 2.99. The summed E-state index contributed by atoms with van der Waals surface area (Å²) in [6.07, 6.45) is 0.765. The van der Waals surface area contributed by atoms with Crippen molar-refractivity contribution < 1.29 is 9.72 Å².